The van der Waals surface area contributed by atoms with Crippen molar-refractivity contribution in [3.8, 4) is 11.3 Å². The van der Waals surface area contributed by atoms with Crippen LogP contribution in [0.15, 0.2) is 41.2 Å². The first-order valence-corrected chi connectivity index (χ1v) is 8.07. The van der Waals surface area contributed by atoms with Crippen LogP contribution in [0.25, 0.3) is 11.3 Å². The molecule has 0 spiro atoms. The van der Waals surface area contributed by atoms with Gasteiger partial charge >= 0.3 is 6.09 Å². The van der Waals surface area contributed by atoms with E-state index in [0.717, 1.165) is 0 Å². The first-order chi connectivity index (χ1) is 11.7. The summed E-state index contributed by atoms with van der Waals surface area (Å²) < 4.78 is 20.0. The van der Waals surface area contributed by atoms with Gasteiger partial charge in [0.1, 0.15) is 11.4 Å². The third-order valence-electron chi connectivity index (χ3n) is 3.81. The van der Waals surface area contributed by atoms with Gasteiger partial charge in [-0.3, -0.25) is 4.79 Å². The van der Waals surface area contributed by atoms with E-state index in [-0.39, 0.29) is 17.4 Å². The van der Waals surface area contributed by atoms with Crippen molar-refractivity contribution >= 4 is 6.09 Å². The Hall–Kier alpha value is -2.70. The number of halogens is 1. The maximum Gasteiger partial charge on any atom is 0.410 e. The zero-order valence-electron chi connectivity index (χ0n) is 14.4. The van der Waals surface area contributed by atoms with Gasteiger partial charge in [-0.05, 0) is 39.0 Å². The summed E-state index contributed by atoms with van der Waals surface area (Å²) in [6.07, 6.45) is -0.405. The minimum absolute atomic E-state index is 0.214. The van der Waals surface area contributed by atoms with Crippen molar-refractivity contribution in [2.75, 3.05) is 13.1 Å². The molecule has 1 aromatic carbocycles. The van der Waals surface area contributed by atoms with E-state index in [0.29, 0.717) is 24.3 Å². The standard InChI is InChI=1S/C18H20FN3O3/c1-18(2,3)25-17(24)21-10-14(11-21)22-16(23)8-7-15(20-22)12-5-4-6-13(19)9-12/h4-9,14H,10-11H2,1-3H3. The Morgan fingerprint density at radius 2 is 1.96 bits per heavy atom. The molecule has 25 heavy (non-hydrogen) atoms. The van der Waals surface area contributed by atoms with Crippen molar-refractivity contribution in [1.29, 1.82) is 0 Å². The molecule has 1 aliphatic rings. The maximum atomic E-state index is 13.4. The number of carbonyl (C=O) groups is 1. The van der Waals surface area contributed by atoms with E-state index in [1.54, 1.807) is 39.0 Å². The predicted molar refractivity (Wildman–Crippen MR) is 90.7 cm³/mol. The molecule has 1 aromatic heterocycles. The second-order valence-electron chi connectivity index (χ2n) is 7.05. The Morgan fingerprint density at radius 1 is 1.24 bits per heavy atom. The van der Waals surface area contributed by atoms with Crippen molar-refractivity contribution in [3.63, 3.8) is 0 Å². The minimum Gasteiger partial charge on any atom is -0.444 e. The molecule has 3 rings (SSSR count). The summed E-state index contributed by atoms with van der Waals surface area (Å²) in [7, 11) is 0. The number of hydrogen-bond donors (Lipinski definition) is 0. The summed E-state index contributed by atoms with van der Waals surface area (Å²) in [5, 5.41) is 4.33. The fourth-order valence-corrected chi connectivity index (χ4v) is 2.57. The number of amides is 1. The summed E-state index contributed by atoms with van der Waals surface area (Å²) in [4.78, 5) is 25.6. The second kappa shape index (κ2) is 6.31. The quantitative estimate of drug-likeness (QED) is 0.839. The fraction of sp³-hybridized carbons (Fsp3) is 0.389. The number of hydrogen-bond acceptors (Lipinski definition) is 4. The van der Waals surface area contributed by atoms with E-state index in [1.165, 1.54) is 27.8 Å². The molecule has 132 valence electrons. The van der Waals surface area contributed by atoms with E-state index < -0.39 is 11.7 Å². The number of carbonyl (C=O) groups excluding carboxylic acids is 1. The van der Waals surface area contributed by atoms with Gasteiger partial charge in [0.05, 0.1) is 11.7 Å². The highest BCUT2D eigenvalue weighted by Gasteiger charge is 2.35. The SMILES string of the molecule is CC(C)(C)OC(=O)N1CC(n2nc(-c3cccc(F)c3)ccc2=O)C1. The lowest BCUT2D eigenvalue weighted by Gasteiger charge is -2.39. The fourth-order valence-electron chi connectivity index (χ4n) is 2.57. The van der Waals surface area contributed by atoms with Crippen molar-refractivity contribution in [2.24, 2.45) is 0 Å². The van der Waals surface area contributed by atoms with Crippen LogP contribution in [0.3, 0.4) is 0 Å². The Bertz CT molecular complexity index is 851. The molecular weight excluding hydrogens is 325 g/mol. The molecule has 0 saturated carbocycles. The average molecular weight is 345 g/mol. The van der Waals surface area contributed by atoms with Crippen LogP contribution >= 0.6 is 0 Å². The van der Waals surface area contributed by atoms with Gasteiger partial charge in [0, 0.05) is 24.7 Å². The zero-order chi connectivity index (χ0) is 18.2. The van der Waals surface area contributed by atoms with Gasteiger partial charge < -0.3 is 9.64 Å². The predicted octanol–water partition coefficient (Wildman–Crippen LogP) is 2.84. The largest absolute Gasteiger partial charge is 0.444 e. The van der Waals surface area contributed by atoms with Gasteiger partial charge in [0.2, 0.25) is 0 Å². The zero-order valence-corrected chi connectivity index (χ0v) is 14.4. The normalized spacial score (nSPS) is 15.0. The highest BCUT2D eigenvalue weighted by molar-refractivity contribution is 5.69. The van der Waals surface area contributed by atoms with Crippen molar-refractivity contribution in [3.05, 3.63) is 52.6 Å². The molecule has 1 aliphatic heterocycles. The van der Waals surface area contributed by atoms with Gasteiger partial charge in [-0.15, -0.1) is 0 Å². The molecule has 0 N–H and O–H groups in total. The molecule has 0 unspecified atom stereocenters. The minimum atomic E-state index is -0.561. The smallest absolute Gasteiger partial charge is 0.410 e. The van der Waals surface area contributed by atoms with Crippen LogP contribution < -0.4 is 5.56 Å². The maximum absolute atomic E-state index is 13.4. The van der Waals surface area contributed by atoms with Gasteiger partial charge in [-0.25, -0.2) is 13.9 Å². The van der Waals surface area contributed by atoms with E-state index in [4.69, 9.17) is 4.74 Å². The molecule has 7 heteroatoms. The molecule has 6 nitrogen and oxygen atoms in total. The number of nitrogens with zero attached hydrogens (tertiary/aromatic N) is 3. The highest BCUT2D eigenvalue weighted by Crippen LogP contribution is 2.23. The molecule has 0 radical (unpaired) electrons. The summed E-state index contributed by atoms with van der Waals surface area (Å²) in [6, 6.07) is 8.80. The molecule has 2 aromatic rings. The van der Waals surface area contributed by atoms with Crippen LogP contribution in [0, 0.1) is 5.82 Å². The molecule has 2 heterocycles. The highest BCUT2D eigenvalue weighted by atomic mass is 19.1. The van der Waals surface area contributed by atoms with E-state index >= 15 is 0 Å². The molecule has 0 atom stereocenters. The number of benzene rings is 1. The molecule has 1 fully saturated rings. The van der Waals surface area contributed by atoms with Gasteiger partial charge in [0.25, 0.3) is 5.56 Å². The van der Waals surface area contributed by atoms with Crippen LogP contribution in [-0.2, 0) is 4.74 Å². The van der Waals surface area contributed by atoms with Crippen LogP contribution in [0.4, 0.5) is 9.18 Å². The number of likely N-dealkylation sites (tertiary alicyclic amines) is 1. The Morgan fingerprint density at radius 3 is 2.60 bits per heavy atom. The van der Waals surface area contributed by atoms with Crippen LogP contribution in [0.1, 0.15) is 26.8 Å². The van der Waals surface area contributed by atoms with Crippen molar-refractivity contribution in [2.45, 2.75) is 32.4 Å². The number of rotatable bonds is 2. The molecule has 1 saturated heterocycles. The van der Waals surface area contributed by atoms with Gasteiger partial charge in [-0.2, -0.15) is 5.10 Å². The lowest BCUT2D eigenvalue weighted by Crippen LogP contribution is -2.54. The molecule has 1 amide bonds. The average Bonchev–Trinajstić information content (AvgIpc) is 2.45. The lowest BCUT2D eigenvalue weighted by atomic mass is 10.1. The van der Waals surface area contributed by atoms with Gasteiger partial charge in [-0.1, -0.05) is 12.1 Å². The molecular formula is C18H20FN3O3. The van der Waals surface area contributed by atoms with Crippen LogP contribution in [0.5, 0.6) is 0 Å². The third kappa shape index (κ3) is 3.87. The monoisotopic (exact) mass is 345 g/mol. The number of ether oxygens (including phenoxy) is 1. The molecule has 0 aliphatic carbocycles. The summed E-state index contributed by atoms with van der Waals surface area (Å²) >= 11 is 0. The summed E-state index contributed by atoms with van der Waals surface area (Å²) in [6.45, 7) is 6.12. The molecule has 0 bridgehead atoms. The number of aromatic nitrogens is 2. The van der Waals surface area contributed by atoms with E-state index in [9.17, 15) is 14.0 Å². The third-order valence-corrected chi connectivity index (χ3v) is 3.81. The summed E-state index contributed by atoms with van der Waals surface area (Å²) in [5.74, 6) is -0.364. The topological polar surface area (TPSA) is 64.4 Å². The van der Waals surface area contributed by atoms with Crippen molar-refractivity contribution < 1.29 is 13.9 Å². The lowest BCUT2D eigenvalue weighted by molar-refractivity contribution is -0.000986. The Labute approximate surface area is 144 Å². The first kappa shape index (κ1) is 17.1. The second-order valence-corrected chi connectivity index (χ2v) is 7.05. The van der Waals surface area contributed by atoms with Crippen LogP contribution in [0.2, 0.25) is 0 Å². The van der Waals surface area contributed by atoms with Gasteiger partial charge in [0.15, 0.2) is 0 Å². The van der Waals surface area contributed by atoms with E-state index in [2.05, 4.69) is 5.10 Å². The Balaban J connectivity index is 1.75. The summed E-state index contributed by atoms with van der Waals surface area (Å²) in [5.41, 5.74) is 0.287. The van der Waals surface area contributed by atoms with Crippen LogP contribution in [-0.4, -0.2) is 39.5 Å². The van der Waals surface area contributed by atoms with E-state index in [1.807, 2.05) is 0 Å². The Kier molecular flexibility index (Phi) is 4.32. The first-order valence-electron chi connectivity index (χ1n) is 8.07. The van der Waals surface area contributed by atoms with Crippen molar-refractivity contribution in [1.82, 2.24) is 14.7 Å².